The number of aromatic carboxylic acids is 1. The molecule has 0 aliphatic heterocycles. The zero-order valence-corrected chi connectivity index (χ0v) is 10.6. The molecule has 100 valence electrons. The van der Waals surface area contributed by atoms with Crippen LogP contribution in [0, 0.1) is 0 Å². The molecule has 0 unspecified atom stereocenters. The average molecular weight is 262 g/mol. The van der Waals surface area contributed by atoms with Crippen molar-refractivity contribution in [3.63, 3.8) is 0 Å². The highest BCUT2D eigenvalue weighted by Gasteiger charge is 2.14. The molecular weight excluding hydrogens is 248 g/mol. The summed E-state index contributed by atoms with van der Waals surface area (Å²) in [6, 6.07) is 6.76. The molecule has 0 aliphatic rings. The van der Waals surface area contributed by atoms with Gasteiger partial charge in [0.1, 0.15) is 11.4 Å². The number of nitrogens with one attached hydrogen (secondary N) is 1. The molecule has 6 heteroatoms. The smallest absolute Gasteiger partial charge is 0.339 e. The normalized spacial score (nSPS) is 10.2. The van der Waals surface area contributed by atoms with Gasteiger partial charge in [-0.05, 0) is 24.3 Å². The number of benzene rings is 1. The van der Waals surface area contributed by atoms with Crippen LogP contribution in [0.25, 0.3) is 11.3 Å². The first kappa shape index (κ1) is 12.8. The Bertz CT molecular complexity index is 619. The van der Waals surface area contributed by atoms with Crippen molar-refractivity contribution < 1.29 is 19.4 Å². The van der Waals surface area contributed by atoms with E-state index in [9.17, 15) is 4.79 Å². The first-order chi connectivity index (χ1) is 9.06. The number of hydrogen-bond acceptors (Lipinski definition) is 4. The topological polar surface area (TPSA) is 97.6 Å². The lowest BCUT2D eigenvalue weighted by molar-refractivity contribution is 0.0698. The van der Waals surface area contributed by atoms with Crippen molar-refractivity contribution in [2.24, 2.45) is 0 Å². The maximum atomic E-state index is 10.9. The van der Waals surface area contributed by atoms with Crippen molar-refractivity contribution in [1.82, 2.24) is 4.98 Å². The van der Waals surface area contributed by atoms with Crippen molar-refractivity contribution in [1.29, 1.82) is 0 Å². The number of hydrogen-bond donors (Lipinski definition) is 3. The number of methoxy groups -OCH3 is 2. The molecule has 6 nitrogen and oxygen atoms in total. The number of nitrogen functional groups attached to an aromatic ring is 1. The molecule has 0 saturated heterocycles. The largest absolute Gasteiger partial charge is 0.493 e. The van der Waals surface area contributed by atoms with E-state index in [-0.39, 0.29) is 11.4 Å². The number of aromatic amines is 1. The molecule has 1 aromatic heterocycles. The van der Waals surface area contributed by atoms with Crippen molar-refractivity contribution in [3.05, 3.63) is 29.8 Å². The lowest BCUT2D eigenvalue weighted by Crippen LogP contribution is -1.98. The summed E-state index contributed by atoms with van der Waals surface area (Å²) in [7, 11) is 3.08. The third kappa shape index (κ3) is 2.33. The molecule has 1 aromatic carbocycles. The molecule has 0 fully saturated rings. The molecule has 2 aromatic rings. The molecule has 0 amide bonds. The van der Waals surface area contributed by atoms with E-state index in [1.54, 1.807) is 25.3 Å². The highest BCUT2D eigenvalue weighted by Crippen LogP contribution is 2.32. The van der Waals surface area contributed by atoms with E-state index in [1.165, 1.54) is 13.2 Å². The number of nitrogens with two attached hydrogens (primary N) is 1. The number of ether oxygens (including phenoxy) is 2. The second kappa shape index (κ2) is 4.93. The van der Waals surface area contributed by atoms with Gasteiger partial charge in [0.25, 0.3) is 0 Å². The predicted molar refractivity (Wildman–Crippen MR) is 70.7 cm³/mol. The number of carbonyl (C=O) groups is 1. The van der Waals surface area contributed by atoms with Gasteiger partial charge in [0, 0.05) is 11.3 Å². The molecule has 0 bridgehead atoms. The molecule has 19 heavy (non-hydrogen) atoms. The Morgan fingerprint density at radius 2 is 1.89 bits per heavy atom. The minimum absolute atomic E-state index is 0.0461. The van der Waals surface area contributed by atoms with Gasteiger partial charge >= 0.3 is 5.97 Å². The highest BCUT2D eigenvalue weighted by atomic mass is 16.5. The predicted octanol–water partition coefficient (Wildman–Crippen LogP) is 1.98. The van der Waals surface area contributed by atoms with Crippen LogP contribution in [0.1, 0.15) is 10.4 Å². The number of anilines is 1. The standard InChI is InChI=1S/C13H14N2O4/c1-18-10-4-3-7(5-11(10)19-2)9-6-8(13(16)17)12(14)15-9/h3-6,15H,14H2,1-2H3,(H,16,17). The molecule has 2 rings (SSSR count). The summed E-state index contributed by atoms with van der Waals surface area (Å²) < 4.78 is 10.3. The summed E-state index contributed by atoms with van der Waals surface area (Å²) in [5.41, 5.74) is 7.03. The summed E-state index contributed by atoms with van der Waals surface area (Å²) in [6.45, 7) is 0. The molecule has 0 spiro atoms. The number of carboxylic acid groups (broad SMARTS) is 1. The molecule has 0 atom stereocenters. The van der Waals surface area contributed by atoms with Crippen LogP contribution in [0.15, 0.2) is 24.3 Å². The fourth-order valence-electron chi connectivity index (χ4n) is 1.81. The van der Waals surface area contributed by atoms with Gasteiger partial charge in [-0.15, -0.1) is 0 Å². The minimum atomic E-state index is -1.07. The van der Waals surface area contributed by atoms with E-state index in [2.05, 4.69) is 4.98 Å². The fourth-order valence-corrected chi connectivity index (χ4v) is 1.81. The molecule has 0 saturated carbocycles. The Morgan fingerprint density at radius 3 is 2.42 bits per heavy atom. The monoisotopic (exact) mass is 262 g/mol. The van der Waals surface area contributed by atoms with Crippen LogP contribution in [0.4, 0.5) is 5.82 Å². The summed E-state index contributed by atoms with van der Waals surface area (Å²) >= 11 is 0. The van der Waals surface area contributed by atoms with Crippen molar-refractivity contribution in [2.75, 3.05) is 20.0 Å². The van der Waals surface area contributed by atoms with Crippen molar-refractivity contribution in [3.8, 4) is 22.8 Å². The third-order valence-electron chi connectivity index (χ3n) is 2.77. The average Bonchev–Trinajstić information content (AvgIpc) is 2.80. The van der Waals surface area contributed by atoms with E-state index < -0.39 is 5.97 Å². The van der Waals surface area contributed by atoms with E-state index in [4.69, 9.17) is 20.3 Å². The first-order valence-electron chi connectivity index (χ1n) is 5.51. The van der Waals surface area contributed by atoms with E-state index in [0.29, 0.717) is 17.2 Å². The Hall–Kier alpha value is -2.63. The van der Waals surface area contributed by atoms with Gasteiger partial charge in [-0.25, -0.2) is 4.79 Å². The Kier molecular flexibility index (Phi) is 3.33. The Labute approximate surface area is 109 Å². The quantitative estimate of drug-likeness (QED) is 0.782. The lowest BCUT2D eigenvalue weighted by atomic mass is 10.1. The van der Waals surface area contributed by atoms with Gasteiger partial charge in [0.15, 0.2) is 11.5 Å². The van der Waals surface area contributed by atoms with Crippen LogP contribution in [-0.4, -0.2) is 30.3 Å². The number of H-pyrrole nitrogens is 1. The van der Waals surface area contributed by atoms with Crippen LogP contribution < -0.4 is 15.2 Å². The van der Waals surface area contributed by atoms with Crippen LogP contribution in [0.2, 0.25) is 0 Å². The summed E-state index contributed by atoms with van der Waals surface area (Å²) in [4.78, 5) is 13.8. The van der Waals surface area contributed by atoms with E-state index in [1.807, 2.05) is 0 Å². The van der Waals surface area contributed by atoms with Crippen LogP contribution in [-0.2, 0) is 0 Å². The zero-order chi connectivity index (χ0) is 14.0. The van der Waals surface area contributed by atoms with Gasteiger partial charge in [0.05, 0.1) is 14.2 Å². The lowest BCUT2D eigenvalue weighted by Gasteiger charge is -2.08. The second-order valence-electron chi connectivity index (χ2n) is 3.89. The van der Waals surface area contributed by atoms with E-state index in [0.717, 1.165) is 5.56 Å². The van der Waals surface area contributed by atoms with Crippen LogP contribution in [0.3, 0.4) is 0 Å². The second-order valence-corrected chi connectivity index (χ2v) is 3.89. The molecule has 0 radical (unpaired) electrons. The number of rotatable bonds is 4. The molecule has 0 aliphatic carbocycles. The third-order valence-corrected chi connectivity index (χ3v) is 2.77. The van der Waals surface area contributed by atoms with Gasteiger partial charge < -0.3 is 25.3 Å². The number of aromatic nitrogens is 1. The zero-order valence-electron chi connectivity index (χ0n) is 10.6. The van der Waals surface area contributed by atoms with Gasteiger partial charge in [0.2, 0.25) is 0 Å². The van der Waals surface area contributed by atoms with Gasteiger partial charge in [-0.2, -0.15) is 0 Å². The molecular formula is C13H14N2O4. The van der Waals surface area contributed by atoms with Crippen LogP contribution in [0.5, 0.6) is 11.5 Å². The van der Waals surface area contributed by atoms with Crippen molar-refractivity contribution in [2.45, 2.75) is 0 Å². The minimum Gasteiger partial charge on any atom is -0.493 e. The van der Waals surface area contributed by atoms with Crippen LogP contribution >= 0.6 is 0 Å². The van der Waals surface area contributed by atoms with Crippen molar-refractivity contribution >= 4 is 11.8 Å². The maximum absolute atomic E-state index is 10.9. The Balaban J connectivity index is 2.47. The maximum Gasteiger partial charge on any atom is 0.339 e. The van der Waals surface area contributed by atoms with Gasteiger partial charge in [-0.3, -0.25) is 0 Å². The van der Waals surface area contributed by atoms with Gasteiger partial charge in [-0.1, -0.05) is 0 Å². The molecule has 4 N–H and O–H groups in total. The fraction of sp³-hybridized carbons (Fsp3) is 0.154. The number of carboxylic acids is 1. The van der Waals surface area contributed by atoms with E-state index >= 15 is 0 Å². The summed E-state index contributed by atoms with van der Waals surface area (Å²) in [6.07, 6.45) is 0. The SMILES string of the molecule is COc1ccc(-c2cc(C(=O)O)c(N)[nH]2)cc1OC. The highest BCUT2D eigenvalue weighted by molar-refractivity contribution is 5.95. The molecule has 1 heterocycles. The Morgan fingerprint density at radius 1 is 1.21 bits per heavy atom. The summed E-state index contributed by atoms with van der Waals surface area (Å²) in [5.74, 6) is 0.215. The summed E-state index contributed by atoms with van der Waals surface area (Å²) in [5, 5.41) is 8.96. The first-order valence-corrected chi connectivity index (χ1v) is 5.51.